The minimum Gasteiger partial charge on any atom is -0.481 e. The number of rotatable bonds is 4. The molecule has 0 aromatic heterocycles. The average molecular weight is 220 g/mol. The van der Waals surface area contributed by atoms with Gasteiger partial charge in [-0.15, -0.1) is 0 Å². The van der Waals surface area contributed by atoms with Crippen molar-refractivity contribution in [1.82, 2.24) is 0 Å². The van der Waals surface area contributed by atoms with Crippen LogP contribution in [0, 0.1) is 11.8 Å². The van der Waals surface area contributed by atoms with Crippen molar-refractivity contribution in [2.75, 3.05) is 11.5 Å². The number of sulfone groups is 1. The van der Waals surface area contributed by atoms with Gasteiger partial charge in [0.2, 0.25) is 0 Å². The third-order valence-electron chi connectivity index (χ3n) is 2.75. The fourth-order valence-corrected chi connectivity index (χ4v) is 3.89. The lowest BCUT2D eigenvalue weighted by molar-refractivity contribution is -0.143. The van der Waals surface area contributed by atoms with E-state index >= 15 is 0 Å². The van der Waals surface area contributed by atoms with Crippen LogP contribution in [0.1, 0.15) is 26.2 Å². The molecule has 0 aliphatic carbocycles. The highest BCUT2D eigenvalue weighted by atomic mass is 32.2. The predicted molar refractivity (Wildman–Crippen MR) is 52.8 cm³/mol. The van der Waals surface area contributed by atoms with Crippen LogP contribution in [0.5, 0.6) is 0 Å². The lowest BCUT2D eigenvalue weighted by atomic mass is 9.88. The predicted octanol–water partition coefficient (Wildman–Crippen LogP) is 0.922. The van der Waals surface area contributed by atoms with E-state index in [1.165, 1.54) is 0 Å². The Morgan fingerprint density at radius 2 is 2.21 bits per heavy atom. The molecular formula is C9H16O4S. The van der Waals surface area contributed by atoms with Crippen LogP contribution in [0.4, 0.5) is 0 Å². The Balaban J connectivity index is 2.67. The highest BCUT2D eigenvalue weighted by molar-refractivity contribution is 7.91. The summed E-state index contributed by atoms with van der Waals surface area (Å²) in [5, 5.41) is 8.94. The van der Waals surface area contributed by atoms with Gasteiger partial charge in [0, 0.05) is 0 Å². The number of aliphatic carboxylic acids is 1. The van der Waals surface area contributed by atoms with Gasteiger partial charge in [-0.1, -0.05) is 13.3 Å². The molecule has 4 nitrogen and oxygen atoms in total. The van der Waals surface area contributed by atoms with Crippen molar-refractivity contribution in [3.8, 4) is 0 Å². The van der Waals surface area contributed by atoms with Crippen molar-refractivity contribution in [2.24, 2.45) is 11.8 Å². The van der Waals surface area contributed by atoms with Crippen LogP contribution in [-0.4, -0.2) is 31.0 Å². The van der Waals surface area contributed by atoms with Crippen LogP contribution in [0.25, 0.3) is 0 Å². The molecule has 2 unspecified atom stereocenters. The summed E-state index contributed by atoms with van der Waals surface area (Å²) in [5.74, 6) is -1.28. The monoisotopic (exact) mass is 220 g/mol. The van der Waals surface area contributed by atoms with Crippen LogP contribution >= 0.6 is 0 Å². The summed E-state index contributed by atoms with van der Waals surface area (Å²) in [6.07, 6.45) is 1.88. The molecule has 1 N–H and O–H groups in total. The highest BCUT2D eigenvalue weighted by Gasteiger charge is 2.36. The third-order valence-corrected chi connectivity index (χ3v) is 4.55. The van der Waals surface area contributed by atoms with E-state index in [-0.39, 0.29) is 17.4 Å². The molecule has 0 radical (unpaired) electrons. The topological polar surface area (TPSA) is 71.4 Å². The zero-order valence-corrected chi connectivity index (χ0v) is 9.09. The van der Waals surface area contributed by atoms with E-state index in [2.05, 4.69) is 0 Å². The van der Waals surface area contributed by atoms with Gasteiger partial charge in [0.1, 0.15) is 0 Å². The van der Waals surface area contributed by atoms with E-state index in [1.54, 1.807) is 0 Å². The maximum atomic E-state index is 11.2. The summed E-state index contributed by atoms with van der Waals surface area (Å²) in [6.45, 7) is 1.92. The van der Waals surface area contributed by atoms with E-state index in [4.69, 9.17) is 5.11 Å². The fourth-order valence-electron chi connectivity index (χ4n) is 2.01. The first-order valence-electron chi connectivity index (χ1n) is 4.89. The Kier molecular flexibility index (Phi) is 3.53. The van der Waals surface area contributed by atoms with Gasteiger partial charge in [0.25, 0.3) is 0 Å². The normalized spacial score (nSPS) is 27.4. The second-order valence-corrected chi connectivity index (χ2v) is 6.13. The van der Waals surface area contributed by atoms with Crippen LogP contribution in [-0.2, 0) is 14.6 Å². The molecule has 14 heavy (non-hydrogen) atoms. The second kappa shape index (κ2) is 4.29. The molecular weight excluding hydrogens is 204 g/mol. The van der Waals surface area contributed by atoms with Crippen molar-refractivity contribution in [2.45, 2.75) is 26.2 Å². The van der Waals surface area contributed by atoms with E-state index < -0.39 is 21.7 Å². The van der Waals surface area contributed by atoms with Crippen LogP contribution in [0.2, 0.25) is 0 Å². The van der Waals surface area contributed by atoms with Crippen LogP contribution < -0.4 is 0 Å². The Morgan fingerprint density at radius 1 is 1.57 bits per heavy atom. The molecule has 0 amide bonds. The first kappa shape index (κ1) is 11.5. The number of hydrogen-bond donors (Lipinski definition) is 1. The summed E-state index contributed by atoms with van der Waals surface area (Å²) in [6, 6.07) is 0. The summed E-state index contributed by atoms with van der Waals surface area (Å²) in [4.78, 5) is 10.9. The van der Waals surface area contributed by atoms with Crippen molar-refractivity contribution in [1.29, 1.82) is 0 Å². The van der Waals surface area contributed by atoms with E-state index in [0.29, 0.717) is 12.8 Å². The van der Waals surface area contributed by atoms with E-state index in [1.807, 2.05) is 6.92 Å². The summed E-state index contributed by atoms with van der Waals surface area (Å²) >= 11 is 0. The molecule has 0 spiro atoms. The molecule has 1 heterocycles. The zero-order valence-electron chi connectivity index (χ0n) is 8.27. The van der Waals surface area contributed by atoms with Gasteiger partial charge in [-0.25, -0.2) is 8.42 Å². The molecule has 1 aliphatic heterocycles. The maximum Gasteiger partial charge on any atom is 0.306 e. The molecule has 0 saturated carbocycles. The summed E-state index contributed by atoms with van der Waals surface area (Å²) < 4.78 is 22.4. The summed E-state index contributed by atoms with van der Waals surface area (Å²) in [5.41, 5.74) is 0. The van der Waals surface area contributed by atoms with Gasteiger partial charge in [0.05, 0.1) is 17.4 Å². The van der Waals surface area contributed by atoms with E-state index in [0.717, 1.165) is 6.42 Å². The lowest BCUT2D eigenvalue weighted by Crippen LogP contribution is -2.24. The molecule has 82 valence electrons. The molecule has 5 heteroatoms. The Labute approximate surface area is 84.2 Å². The molecule has 2 atom stereocenters. The van der Waals surface area contributed by atoms with Gasteiger partial charge < -0.3 is 5.11 Å². The highest BCUT2D eigenvalue weighted by Crippen LogP contribution is 2.29. The van der Waals surface area contributed by atoms with Gasteiger partial charge in [0.15, 0.2) is 9.84 Å². The van der Waals surface area contributed by atoms with Gasteiger partial charge in [-0.3, -0.25) is 4.79 Å². The number of carboxylic acids is 1. The number of hydrogen-bond acceptors (Lipinski definition) is 3. The number of carboxylic acid groups (broad SMARTS) is 1. The summed E-state index contributed by atoms with van der Waals surface area (Å²) in [7, 11) is -2.96. The minimum absolute atomic E-state index is 0.0595. The lowest BCUT2D eigenvalue weighted by Gasteiger charge is -2.16. The molecule has 1 saturated heterocycles. The SMILES string of the molecule is CCCC(C(=O)O)C1CCS(=O)(=O)C1. The molecule has 1 aliphatic rings. The van der Waals surface area contributed by atoms with E-state index in [9.17, 15) is 13.2 Å². The second-order valence-electron chi connectivity index (χ2n) is 3.90. The Morgan fingerprint density at radius 3 is 2.57 bits per heavy atom. The van der Waals surface area contributed by atoms with Crippen LogP contribution in [0.15, 0.2) is 0 Å². The van der Waals surface area contributed by atoms with Crippen molar-refractivity contribution in [3.63, 3.8) is 0 Å². The molecule has 1 rings (SSSR count). The van der Waals surface area contributed by atoms with Gasteiger partial charge in [-0.2, -0.15) is 0 Å². The van der Waals surface area contributed by atoms with Crippen molar-refractivity contribution < 1.29 is 18.3 Å². The Hall–Kier alpha value is -0.580. The molecule has 0 aromatic rings. The van der Waals surface area contributed by atoms with Crippen molar-refractivity contribution in [3.05, 3.63) is 0 Å². The third kappa shape index (κ3) is 2.70. The maximum absolute atomic E-state index is 11.2. The van der Waals surface area contributed by atoms with Gasteiger partial charge >= 0.3 is 5.97 Å². The standard InChI is InChI=1S/C9H16O4S/c1-2-3-8(9(10)11)7-4-5-14(12,13)6-7/h7-8H,2-6H2,1H3,(H,10,11). The largest absolute Gasteiger partial charge is 0.481 e. The Bertz CT molecular complexity index is 307. The fraction of sp³-hybridized carbons (Fsp3) is 0.889. The molecule has 0 bridgehead atoms. The first-order valence-corrected chi connectivity index (χ1v) is 6.71. The molecule has 1 fully saturated rings. The minimum atomic E-state index is -2.96. The number of carbonyl (C=O) groups is 1. The average Bonchev–Trinajstić information content (AvgIpc) is 2.41. The quantitative estimate of drug-likeness (QED) is 0.764. The first-order chi connectivity index (χ1) is 6.46. The smallest absolute Gasteiger partial charge is 0.306 e. The molecule has 0 aromatic carbocycles. The van der Waals surface area contributed by atoms with Crippen molar-refractivity contribution >= 4 is 15.8 Å². The van der Waals surface area contributed by atoms with Crippen LogP contribution in [0.3, 0.4) is 0 Å². The van der Waals surface area contributed by atoms with Gasteiger partial charge in [-0.05, 0) is 18.8 Å². The zero-order chi connectivity index (χ0) is 10.8.